The van der Waals surface area contributed by atoms with E-state index in [0.29, 0.717) is 22.4 Å². The van der Waals surface area contributed by atoms with Gasteiger partial charge in [0.1, 0.15) is 29.6 Å². The van der Waals surface area contributed by atoms with Gasteiger partial charge in [0.05, 0.1) is 11.0 Å². The second-order valence-electron chi connectivity index (χ2n) is 6.89. The Labute approximate surface area is 181 Å². The van der Waals surface area contributed by atoms with Crippen molar-refractivity contribution in [2.24, 2.45) is 0 Å². The zero-order chi connectivity index (χ0) is 22.7. The van der Waals surface area contributed by atoms with Gasteiger partial charge in [-0.15, -0.1) is 0 Å². The molecule has 0 aliphatic heterocycles. The summed E-state index contributed by atoms with van der Waals surface area (Å²) < 4.78 is 15.5. The molecule has 0 bridgehead atoms. The van der Waals surface area contributed by atoms with Crippen LogP contribution in [0.1, 0.15) is 11.4 Å². The SMILES string of the molecule is Cc1cc(=O)oc2cc(OCC(=O)OC/C(O)=C(\C#N)c3nc4ccccc4[nH]3)ccc12. The normalized spacial score (nSPS) is 11.8. The number of para-hydroxylation sites is 2. The fourth-order valence-corrected chi connectivity index (χ4v) is 3.13. The molecule has 2 heterocycles. The van der Waals surface area contributed by atoms with Crippen LogP contribution in [0, 0.1) is 18.3 Å². The number of nitrogens with one attached hydrogen (secondary N) is 1. The van der Waals surface area contributed by atoms with Gasteiger partial charge in [0.15, 0.2) is 18.2 Å². The predicted molar refractivity (Wildman–Crippen MR) is 115 cm³/mol. The number of aromatic amines is 1. The van der Waals surface area contributed by atoms with Gasteiger partial charge >= 0.3 is 11.6 Å². The van der Waals surface area contributed by atoms with Crippen molar-refractivity contribution in [3.63, 3.8) is 0 Å². The van der Waals surface area contributed by atoms with Gasteiger partial charge in [-0.3, -0.25) is 0 Å². The molecule has 2 N–H and O–H groups in total. The first-order chi connectivity index (χ1) is 15.4. The van der Waals surface area contributed by atoms with Crippen LogP contribution in [0.2, 0.25) is 0 Å². The Balaban J connectivity index is 1.40. The number of hydrogen-bond acceptors (Lipinski definition) is 8. The van der Waals surface area contributed by atoms with E-state index in [9.17, 15) is 20.0 Å². The molecule has 2 aromatic heterocycles. The minimum absolute atomic E-state index is 0.130. The van der Waals surface area contributed by atoms with Crippen LogP contribution in [0.3, 0.4) is 0 Å². The lowest BCUT2D eigenvalue weighted by Gasteiger charge is -2.08. The van der Waals surface area contributed by atoms with Gasteiger partial charge in [0.2, 0.25) is 0 Å². The number of aliphatic hydroxyl groups excluding tert-OH is 1. The van der Waals surface area contributed by atoms with Crippen molar-refractivity contribution in [1.29, 1.82) is 5.26 Å². The Morgan fingerprint density at radius 1 is 1.22 bits per heavy atom. The van der Waals surface area contributed by atoms with Crippen molar-refractivity contribution < 1.29 is 23.8 Å². The number of aromatic nitrogens is 2. The minimum Gasteiger partial charge on any atom is -0.507 e. The molecule has 0 saturated carbocycles. The number of ether oxygens (including phenoxy) is 2. The van der Waals surface area contributed by atoms with E-state index in [1.54, 1.807) is 37.3 Å². The lowest BCUT2D eigenvalue weighted by atomic mass is 10.1. The zero-order valence-electron chi connectivity index (χ0n) is 16.9. The molecule has 0 aliphatic rings. The fourth-order valence-electron chi connectivity index (χ4n) is 3.13. The van der Waals surface area contributed by atoms with Crippen molar-refractivity contribution in [2.45, 2.75) is 6.92 Å². The summed E-state index contributed by atoms with van der Waals surface area (Å²) in [5.41, 5.74) is 1.83. The summed E-state index contributed by atoms with van der Waals surface area (Å²) in [5, 5.41) is 20.4. The molecule has 0 saturated heterocycles. The van der Waals surface area contributed by atoms with Crippen LogP contribution >= 0.6 is 0 Å². The third-order valence-corrected chi connectivity index (χ3v) is 4.68. The number of H-pyrrole nitrogens is 1. The number of hydrogen-bond donors (Lipinski definition) is 2. The number of benzene rings is 2. The molecule has 0 radical (unpaired) electrons. The Hall–Kier alpha value is -4.58. The molecule has 32 heavy (non-hydrogen) atoms. The standard InChI is InChI=1S/C23H17N3O6/c1-13-8-21(28)32-20-9-14(6-7-15(13)20)30-12-22(29)31-11-19(27)16(10-24)23-25-17-4-2-3-5-18(17)26-23/h2-9,27H,11-12H2,1H3,(H,25,26)/b19-16-. The highest BCUT2D eigenvalue weighted by Crippen LogP contribution is 2.22. The largest absolute Gasteiger partial charge is 0.507 e. The van der Waals surface area contributed by atoms with Crippen LogP contribution in [-0.2, 0) is 9.53 Å². The molecule has 0 aliphatic carbocycles. The average molecular weight is 431 g/mol. The van der Waals surface area contributed by atoms with Gasteiger partial charge in [0, 0.05) is 17.5 Å². The number of nitrogens with zero attached hydrogens (tertiary/aromatic N) is 2. The van der Waals surface area contributed by atoms with Gasteiger partial charge in [-0.2, -0.15) is 5.26 Å². The van der Waals surface area contributed by atoms with E-state index in [0.717, 1.165) is 10.9 Å². The Kier molecular flexibility index (Phi) is 5.59. The second-order valence-corrected chi connectivity index (χ2v) is 6.89. The highest BCUT2D eigenvalue weighted by atomic mass is 16.6. The monoisotopic (exact) mass is 431 g/mol. The van der Waals surface area contributed by atoms with Crippen LogP contribution < -0.4 is 10.4 Å². The van der Waals surface area contributed by atoms with Crippen LogP contribution in [0.15, 0.2) is 63.5 Å². The number of carbonyl (C=O) groups excluding carboxylic acids is 1. The maximum Gasteiger partial charge on any atom is 0.344 e. The van der Waals surface area contributed by atoms with Gasteiger partial charge in [0.25, 0.3) is 0 Å². The van der Waals surface area contributed by atoms with Crippen molar-refractivity contribution in [1.82, 2.24) is 9.97 Å². The summed E-state index contributed by atoms with van der Waals surface area (Å²) in [6.07, 6.45) is 0. The van der Waals surface area contributed by atoms with Crippen molar-refractivity contribution in [3.05, 3.63) is 76.1 Å². The number of aryl methyl sites for hydroxylation is 1. The third-order valence-electron chi connectivity index (χ3n) is 4.68. The second kappa shape index (κ2) is 8.65. The highest BCUT2D eigenvalue weighted by Gasteiger charge is 2.15. The van der Waals surface area contributed by atoms with E-state index >= 15 is 0 Å². The van der Waals surface area contributed by atoms with E-state index < -0.39 is 30.6 Å². The van der Waals surface area contributed by atoms with E-state index in [4.69, 9.17) is 13.9 Å². The maximum absolute atomic E-state index is 12.0. The molecule has 2 aromatic carbocycles. The van der Waals surface area contributed by atoms with Crippen LogP contribution in [0.5, 0.6) is 5.75 Å². The summed E-state index contributed by atoms with van der Waals surface area (Å²) in [6, 6.07) is 15.3. The molecule has 4 aromatic rings. The zero-order valence-corrected chi connectivity index (χ0v) is 16.9. The molecule has 0 spiro atoms. The van der Waals surface area contributed by atoms with Gasteiger partial charge in [-0.05, 0) is 36.8 Å². The Morgan fingerprint density at radius 2 is 2.03 bits per heavy atom. The van der Waals surface area contributed by atoms with E-state index in [1.807, 2.05) is 12.1 Å². The summed E-state index contributed by atoms with van der Waals surface area (Å²) in [5.74, 6) is -0.721. The molecule has 0 fully saturated rings. The molecule has 0 unspecified atom stereocenters. The molecular formula is C23H17N3O6. The third kappa shape index (κ3) is 4.29. The number of esters is 1. The van der Waals surface area contributed by atoms with Crippen molar-refractivity contribution >= 4 is 33.5 Å². The molecule has 160 valence electrons. The van der Waals surface area contributed by atoms with Crippen LogP contribution in [-0.4, -0.2) is 34.3 Å². The molecule has 4 rings (SSSR count). The first kappa shape index (κ1) is 20.7. The maximum atomic E-state index is 12.0. The number of nitriles is 1. The first-order valence-corrected chi connectivity index (χ1v) is 9.55. The summed E-state index contributed by atoms with van der Waals surface area (Å²) in [7, 11) is 0. The topological polar surface area (TPSA) is 138 Å². The van der Waals surface area contributed by atoms with E-state index in [-0.39, 0.29) is 11.4 Å². The lowest BCUT2D eigenvalue weighted by Crippen LogP contribution is -2.16. The lowest BCUT2D eigenvalue weighted by molar-refractivity contribution is -0.145. The number of fused-ring (bicyclic) bond motifs is 2. The van der Waals surface area contributed by atoms with Crippen molar-refractivity contribution in [3.8, 4) is 11.8 Å². The van der Waals surface area contributed by atoms with E-state index in [2.05, 4.69) is 9.97 Å². The van der Waals surface area contributed by atoms with Gasteiger partial charge < -0.3 is 24.0 Å². The predicted octanol–water partition coefficient (Wildman–Crippen LogP) is 3.39. The van der Waals surface area contributed by atoms with Gasteiger partial charge in [-0.1, -0.05) is 12.1 Å². The Morgan fingerprint density at radius 3 is 2.81 bits per heavy atom. The quantitative estimate of drug-likeness (QED) is 0.205. The summed E-state index contributed by atoms with van der Waals surface area (Å²) >= 11 is 0. The highest BCUT2D eigenvalue weighted by molar-refractivity contribution is 5.83. The number of rotatable bonds is 6. The van der Waals surface area contributed by atoms with Crippen LogP contribution in [0.25, 0.3) is 27.6 Å². The van der Waals surface area contributed by atoms with E-state index in [1.165, 1.54) is 12.1 Å². The fraction of sp³-hybridized carbons (Fsp3) is 0.130. The van der Waals surface area contributed by atoms with Crippen molar-refractivity contribution in [2.75, 3.05) is 13.2 Å². The first-order valence-electron chi connectivity index (χ1n) is 9.55. The number of aliphatic hydroxyl groups is 1. The summed E-state index contributed by atoms with van der Waals surface area (Å²) in [4.78, 5) is 30.7. The average Bonchev–Trinajstić information content (AvgIpc) is 3.20. The Bertz CT molecular complexity index is 1430. The molecule has 0 atom stereocenters. The molecule has 9 heteroatoms. The number of imidazole rings is 1. The molecule has 9 nitrogen and oxygen atoms in total. The number of carbonyl (C=O) groups is 1. The minimum atomic E-state index is -0.760. The van der Waals surface area contributed by atoms with Gasteiger partial charge in [-0.25, -0.2) is 14.6 Å². The molecular weight excluding hydrogens is 414 g/mol. The molecule has 0 amide bonds. The summed E-state index contributed by atoms with van der Waals surface area (Å²) in [6.45, 7) is 0.827. The number of allylic oxidation sites excluding steroid dienone is 1. The van der Waals surface area contributed by atoms with Crippen LogP contribution in [0.4, 0.5) is 0 Å². The smallest absolute Gasteiger partial charge is 0.344 e.